The van der Waals surface area contributed by atoms with E-state index in [1.165, 1.54) is 18.2 Å². The van der Waals surface area contributed by atoms with Crippen molar-refractivity contribution in [3.63, 3.8) is 0 Å². The maximum absolute atomic E-state index is 9.75. The summed E-state index contributed by atoms with van der Waals surface area (Å²) in [4.78, 5) is 4.66. The van der Waals surface area contributed by atoms with Crippen LogP contribution in [-0.2, 0) is 0 Å². The molecule has 0 atom stereocenters. The van der Waals surface area contributed by atoms with Gasteiger partial charge in [-0.1, -0.05) is 24.3 Å². The minimum absolute atomic E-state index is 0.00631. The average molecular weight is 344 g/mol. The molecule has 3 nitrogen and oxygen atoms in total. The van der Waals surface area contributed by atoms with Crippen LogP contribution in [0.5, 0.6) is 0 Å². The molecule has 0 unspecified atom stereocenters. The number of aromatic nitrogens is 2. The highest BCUT2D eigenvalue weighted by molar-refractivity contribution is 6.15. The summed E-state index contributed by atoms with van der Waals surface area (Å²) in [7, 11) is 0. The lowest BCUT2D eigenvalue weighted by Crippen LogP contribution is -1.96. The first-order valence-electron chi connectivity index (χ1n) is 12.5. The van der Waals surface area contributed by atoms with Gasteiger partial charge in [-0.15, -0.1) is 0 Å². The molecule has 2 heterocycles. The summed E-state index contributed by atoms with van der Waals surface area (Å²) in [5, 5.41) is 10.7. The second-order valence-electron chi connectivity index (χ2n) is 6.20. The number of fused-ring (bicyclic) bond motifs is 8. The summed E-state index contributed by atoms with van der Waals surface area (Å²) >= 11 is 0. The van der Waals surface area contributed by atoms with Crippen LogP contribution in [-0.4, -0.2) is 9.38 Å². The number of imidazole rings is 1. The number of nitrogens with zero attached hydrogens (tertiary/aromatic N) is 3. The number of hydrogen-bond acceptors (Lipinski definition) is 2. The average Bonchev–Trinajstić information content (AvgIpc) is 3.16. The van der Waals surface area contributed by atoms with Gasteiger partial charge in [0.2, 0.25) is 0 Å². The van der Waals surface area contributed by atoms with Crippen molar-refractivity contribution in [3.8, 4) is 6.07 Å². The molecule has 2 aromatic heterocycles. The molecule has 5 aromatic rings. The van der Waals surface area contributed by atoms with Gasteiger partial charge in [-0.3, -0.25) is 4.40 Å². The van der Waals surface area contributed by atoms with Gasteiger partial charge in [0.1, 0.15) is 11.7 Å². The Hall–Kier alpha value is -3.38. The van der Waals surface area contributed by atoms with Crippen molar-refractivity contribution in [1.82, 2.24) is 9.38 Å². The van der Waals surface area contributed by atoms with Crippen molar-refractivity contribution in [2.24, 2.45) is 0 Å². The molecule has 0 bridgehead atoms. The van der Waals surface area contributed by atoms with Crippen LogP contribution >= 0.6 is 0 Å². The van der Waals surface area contributed by atoms with E-state index in [1.807, 2.05) is 0 Å². The molecule has 5 rings (SSSR count). The normalized spacial score (nSPS) is 18.2. The molecule has 0 spiro atoms. The molecule has 3 heteroatoms. The molecule has 0 aliphatic heterocycles. The van der Waals surface area contributed by atoms with E-state index in [-0.39, 0.29) is 38.5 Å². The Morgan fingerprint density at radius 2 is 1.77 bits per heavy atom. The van der Waals surface area contributed by atoms with Crippen LogP contribution in [0, 0.1) is 31.9 Å². The maximum Gasteiger partial charge on any atom is 0.146 e. The standard InChI is InChI=1S/C23H17N3/c1-13-6-4-8-17-21(13)18-10-14(2)15(3)11-20(18)26-22-16(12-24)7-5-9-19(22)25-23(17)26/h4-11H,1-3H3/i1D3,2D3,3D3. The molecule has 3 aromatic carbocycles. The van der Waals surface area contributed by atoms with Crippen molar-refractivity contribution >= 4 is 38.4 Å². The molecule has 0 aliphatic rings. The Kier molecular flexibility index (Phi) is 1.62. The fourth-order valence-electron chi connectivity index (χ4n) is 3.63. The lowest BCUT2D eigenvalue weighted by atomic mass is 9.98. The molecular formula is C23H17N3. The third-order valence-electron chi connectivity index (χ3n) is 4.75. The van der Waals surface area contributed by atoms with Gasteiger partial charge in [0.05, 0.1) is 22.1 Å². The predicted octanol–water partition coefficient (Wildman–Crippen LogP) is 5.59. The number of hydrogen-bond donors (Lipinski definition) is 0. The van der Waals surface area contributed by atoms with Crippen LogP contribution in [0.15, 0.2) is 48.5 Å². The molecule has 0 N–H and O–H groups in total. The second-order valence-corrected chi connectivity index (χ2v) is 6.20. The largest absolute Gasteiger partial charge is 0.290 e. The highest BCUT2D eigenvalue weighted by atomic mass is 15.0. The molecule has 0 aliphatic carbocycles. The van der Waals surface area contributed by atoms with E-state index in [0.29, 0.717) is 22.1 Å². The van der Waals surface area contributed by atoms with E-state index in [4.69, 9.17) is 12.3 Å². The molecule has 0 fully saturated rings. The zero-order valence-electron chi connectivity index (χ0n) is 22.5. The Labute approximate surface area is 163 Å². The van der Waals surface area contributed by atoms with E-state index in [2.05, 4.69) is 11.1 Å². The number of pyridine rings is 1. The fraction of sp³-hybridized carbons (Fsp3) is 0.130. The smallest absolute Gasteiger partial charge is 0.146 e. The van der Waals surface area contributed by atoms with Crippen molar-refractivity contribution in [2.75, 3.05) is 0 Å². The van der Waals surface area contributed by atoms with Gasteiger partial charge in [0.25, 0.3) is 0 Å². The third kappa shape index (κ3) is 1.79. The van der Waals surface area contributed by atoms with Crippen LogP contribution in [0.4, 0.5) is 0 Å². The number of rotatable bonds is 0. The summed E-state index contributed by atoms with van der Waals surface area (Å²) in [5.41, 5.74) is 1.03. The van der Waals surface area contributed by atoms with Gasteiger partial charge >= 0.3 is 0 Å². The van der Waals surface area contributed by atoms with Crippen molar-refractivity contribution < 1.29 is 12.3 Å². The first-order chi connectivity index (χ1) is 16.2. The van der Waals surface area contributed by atoms with Gasteiger partial charge in [-0.2, -0.15) is 5.26 Å². The minimum Gasteiger partial charge on any atom is -0.290 e. The Balaban J connectivity index is 2.20. The van der Waals surface area contributed by atoms with Crippen LogP contribution in [0.2, 0.25) is 0 Å². The molecule has 0 amide bonds. The quantitative estimate of drug-likeness (QED) is 0.344. The number of para-hydroxylation sites is 1. The lowest BCUT2D eigenvalue weighted by molar-refractivity contribution is 1.28. The van der Waals surface area contributed by atoms with Crippen LogP contribution in [0.1, 0.15) is 34.6 Å². The summed E-state index contributed by atoms with van der Waals surface area (Å²) in [6.45, 7) is -8.04. The van der Waals surface area contributed by atoms with E-state index in [1.54, 1.807) is 34.7 Å². The van der Waals surface area contributed by atoms with Crippen LogP contribution in [0.3, 0.4) is 0 Å². The predicted molar refractivity (Wildman–Crippen MR) is 107 cm³/mol. The van der Waals surface area contributed by atoms with E-state index in [9.17, 15) is 5.26 Å². The molecule has 0 radical (unpaired) electrons. The van der Waals surface area contributed by atoms with Crippen molar-refractivity contribution in [3.05, 3.63) is 70.8 Å². The first kappa shape index (κ1) is 8.33. The van der Waals surface area contributed by atoms with E-state index >= 15 is 0 Å². The highest BCUT2D eigenvalue weighted by Gasteiger charge is 2.17. The summed E-state index contributed by atoms with van der Waals surface area (Å²) in [6.07, 6.45) is 0. The zero-order valence-corrected chi connectivity index (χ0v) is 13.5. The topological polar surface area (TPSA) is 41.1 Å². The molecule has 124 valence electrons. The van der Waals surface area contributed by atoms with Gasteiger partial charge in [0.15, 0.2) is 0 Å². The lowest BCUT2D eigenvalue weighted by Gasteiger charge is -2.13. The SMILES string of the molecule is [2H]C([2H])([2H])c1cc2c3c(C([2H])([2H])[2H])cccc3c3nc4cccc(C#N)c4n3c2cc1C([2H])([2H])[2H]. The summed E-state index contributed by atoms with van der Waals surface area (Å²) < 4.78 is 73.9. The number of benzene rings is 3. The maximum atomic E-state index is 9.75. The van der Waals surface area contributed by atoms with E-state index < -0.39 is 20.6 Å². The Morgan fingerprint density at radius 3 is 2.58 bits per heavy atom. The van der Waals surface area contributed by atoms with Crippen LogP contribution < -0.4 is 0 Å². The zero-order chi connectivity index (χ0) is 25.5. The summed E-state index contributed by atoms with van der Waals surface area (Å²) in [5.74, 6) is 0. The Bertz CT molecular complexity index is 1720. The van der Waals surface area contributed by atoms with Gasteiger partial charge in [-0.25, -0.2) is 4.98 Å². The molecule has 26 heavy (non-hydrogen) atoms. The monoisotopic (exact) mass is 344 g/mol. The second kappa shape index (κ2) is 5.06. The van der Waals surface area contributed by atoms with Gasteiger partial charge < -0.3 is 0 Å². The molecule has 0 saturated carbocycles. The van der Waals surface area contributed by atoms with Gasteiger partial charge in [0, 0.05) is 23.1 Å². The van der Waals surface area contributed by atoms with Crippen molar-refractivity contribution in [2.45, 2.75) is 20.6 Å². The number of aryl methyl sites for hydroxylation is 3. The summed E-state index contributed by atoms with van der Waals surface area (Å²) in [6, 6.07) is 14.3. The molecule has 0 saturated heterocycles. The third-order valence-corrected chi connectivity index (χ3v) is 4.75. The highest BCUT2D eigenvalue weighted by Crippen LogP contribution is 2.35. The molecular weight excluding hydrogens is 318 g/mol. The van der Waals surface area contributed by atoms with Gasteiger partial charge in [-0.05, 0) is 66.9 Å². The van der Waals surface area contributed by atoms with E-state index in [0.717, 1.165) is 0 Å². The Morgan fingerprint density at radius 1 is 0.962 bits per heavy atom. The van der Waals surface area contributed by atoms with Crippen LogP contribution in [0.25, 0.3) is 38.4 Å². The number of nitriles is 1. The van der Waals surface area contributed by atoms with Crippen molar-refractivity contribution in [1.29, 1.82) is 5.26 Å². The first-order valence-corrected chi connectivity index (χ1v) is 7.98. The minimum atomic E-state index is -2.76. The fourth-order valence-corrected chi connectivity index (χ4v) is 3.63.